The predicted molar refractivity (Wildman–Crippen MR) is 95.0 cm³/mol. The van der Waals surface area contributed by atoms with E-state index in [0.29, 0.717) is 31.8 Å². The Kier molecular flexibility index (Phi) is 4.42. The van der Waals surface area contributed by atoms with Gasteiger partial charge < -0.3 is 14.5 Å². The van der Waals surface area contributed by atoms with Crippen molar-refractivity contribution in [1.82, 2.24) is 19.7 Å². The van der Waals surface area contributed by atoms with Crippen LogP contribution in [0.5, 0.6) is 0 Å². The first-order chi connectivity index (χ1) is 12.6. The Balaban J connectivity index is 1.36. The minimum atomic E-state index is -0.126. The van der Waals surface area contributed by atoms with Gasteiger partial charge in [-0.2, -0.15) is 5.10 Å². The number of aryl methyl sites for hydroxylation is 1. The lowest BCUT2D eigenvalue weighted by Crippen LogP contribution is -2.44. The van der Waals surface area contributed by atoms with Crippen LogP contribution in [0.1, 0.15) is 22.5 Å². The van der Waals surface area contributed by atoms with Gasteiger partial charge in [0.05, 0.1) is 42.4 Å². The van der Waals surface area contributed by atoms with Crippen LogP contribution in [-0.4, -0.2) is 57.9 Å². The van der Waals surface area contributed by atoms with Crippen LogP contribution in [0.2, 0.25) is 0 Å². The fourth-order valence-corrected chi connectivity index (χ4v) is 3.42. The van der Waals surface area contributed by atoms with E-state index in [2.05, 4.69) is 15.0 Å². The second kappa shape index (κ2) is 6.87. The fourth-order valence-electron chi connectivity index (χ4n) is 3.42. The lowest BCUT2D eigenvalue weighted by molar-refractivity contribution is 0.0279. The normalized spacial score (nSPS) is 19.7. The quantitative estimate of drug-likeness (QED) is 0.791. The molecule has 0 spiro atoms. The minimum Gasteiger partial charge on any atom is -0.374 e. The Morgan fingerprint density at radius 2 is 2.23 bits per heavy atom. The first kappa shape index (κ1) is 16.7. The maximum absolute atomic E-state index is 12.4. The number of carbonyl (C=O) groups excluding carboxylic acids is 1. The third kappa shape index (κ3) is 3.20. The van der Waals surface area contributed by atoms with E-state index in [0.717, 1.165) is 24.3 Å². The van der Waals surface area contributed by atoms with Crippen LogP contribution in [0.3, 0.4) is 0 Å². The van der Waals surface area contributed by atoms with Crippen molar-refractivity contribution in [2.24, 2.45) is 7.05 Å². The summed E-state index contributed by atoms with van der Waals surface area (Å²) in [5.41, 5.74) is 2.23. The Hall–Kier alpha value is -2.74. The lowest BCUT2D eigenvalue weighted by atomic mass is 10.2. The first-order valence-electron chi connectivity index (χ1n) is 8.75. The monoisotopic (exact) mass is 355 g/mol. The van der Waals surface area contributed by atoms with Gasteiger partial charge in [0, 0.05) is 38.9 Å². The summed E-state index contributed by atoms with van der Waals surface area (Å²) < 4.78 is 7.17. The standard InChI is InChI=1S/C18H21N5O3/c1-21-17(24)9-13(10-20-21)22-7-8-26-14(11-22)4-6-23-12-16-15(18(23)25)3-2-5-19-16/h2-3,5,9-10,14H,4,6-8,11-12H2,1H3. The number of nitrogens with zero attached hydrogens (tertiary/aromatic N) is 5. The van der Waals surface area contributed by atoms with Crippen molar-refractivity contribution >= 4 is 11.6 Å². The molecule has 0 saturated carbocycles. The van der Waals surface area contributed by atoms with E-state index < -0.39 is 0 Å². The highest BCUT2D eigenvalue weighted by atomic mass is 16.5. The van der Waals surface area contributed by atoms with E-state index in [9.17, 15) is 9.59 Å². The molecule has 1 saturated heterocycles. The van der Waals surface area contributed by atoms with Gasteiger partial charge in [-0.25, -0.2) is 4.68 Å². The molecule has 4 heterocycles. The second-order valence-corrected chi connectivity index (χ2v) is 6.63. The molecule has 2 aromatic heterocycles. The highest BCUT2D eigenvalue weighted by Crippen LogP contribution is 2.22. The van der Waals surface area contributed by atoms with Crippen molar-refractivity contribution in [3.05, 3.63) is 52.2 Å². The second-order valence-electron chi connectivity index (χ2n) is 6.63. The third-order valence-electron chi connectivity index (χ3n) is 4.93. The van der Waals surface area contributed by atoms with Crippen LogP contribution in [0.4, 0.5) is 5.69 Å². The average molecular weight is 355 g/mol. The number of ether oxygens (including phenoxy) is 1. The molecule has 1 fully saturated rings. The number of fused-ring (bicyclic) bond motifs is 1. The van der Waals surface area contributed by atoms with E-state index in [1.807, 2.05) is 11.0 Å². The molecule has 0 N–H and O–H groups in total. The molecule has 8 nitrogen and oxygen atoms in total. The highest BCUT2D eigenvalue weighted by Gasteiger charge is 2.29. The summed E-state index contributed by atoms with van der Waals surface area (Å²) in [6.45, 7) is 3.19. The van der Waals surface area contributed by atoms with E-state index in [-0.39, 0.29) is 17.6 Å². The van der Waals surface area contributed by atoms with Gasteiger partial charge in [0.1, 0.15) is 0 Å². The largest absolute Gasteiger partial charge is 0.374 e. The number of hydrogen-bond acceptors (Lipinski definition) is 6. The number of rotatable bonds is 4. The topological polar surface area (TPSA) is 80.6 Å². The van der Waals surface area contributed by atoms with Crippen molar-refractivity contribution in [2.45, 2.75) is 19.1 Å². The van der Waals surface area contributed by atoms with Crippen molar-refractivity contribution in [2.75, 3.05) is 31.1 Å². The van der Waals surface area contributed by atoms with Crippen molar-refractivity contribution in [3.63, 3.8) is 0 Å². The molecule has 2 aromatic rings. The summed E-state index contributed by atoms with van der Waals surface area (Å²) in [4.78, 5) is 32.4. The zero-order valence-corrected chi connectivity index (χ0v) is 14.7. The Labute approximate surface area is 151 Å². The molecular weight excluding hydrogens is 334 g/mol. The number of hydrogen-bond donors (Lipinski definition) is 0. The van der Waals surface area contributed by atoms with Crippen LogP contribution in [0.15, 0.2) is 35.4 Å². The summed E-state index contributed by atoms with van der Waals surface area (Å²) in [5, 5.41) is 4.08. The van der Waals surface area contributed by atoms with Gasteiger partial charge in [0.15, 0.2) is 0 Å². The molecule has 0 aromatic carbocycles. The zero-order valence-electron chi connectivity index (χ0n) is 14.7. The minimum absolute atomic E-state index is 0.0114. The van der Waals surface area contributed by atoms with E-state index in [4.69, 9.17) is 4.74 Å². The van der Waals surface area contributed by atoms with Crippen molar-refractivity contribution in [3.8, 4) is 0 Å². The molecule has 0 radical (unpaired) electrons. The summed E-state index contributed by atoms with van der Waals surface area (Å²) in [5.74, 6) is 0.0384. The molecule has 1 atom stereocenters. The molecule has 4 rings (SSSR count). The molecular formula is C18H21N5O3. The number of carbonyl (C=O) groups is 1. The van der Waals surface area contributed by atoms with Gasteiger partial charge in [-0.1, -0.05) is 0 Å². The van der Waals surface area contributed by atoms with E-state index in [1.54, 1.807) is 31.6 Å². The van der Waals surface area contributed by atoms with E-state index in [1.165, 1.54) is 4.68 Å². The summed E-state index contributed by atoms with van der Waals surface area (Å²) in [6, 6.07) is 5.22. The predicted octanol–water partition coefficient (Wildman–Crippen LogP) is 0.427. The molecule has 2 aliphatic rings. The van der Waals surface area contributed by atoms with Gasteiger partial charge in [0.25, 0.3) is 11.5 Å². The fraction of sp³-hybridized carbons (Fsp3) is 0.444. The van der Waals surface area contributed by atoms with Gasteiger partial charge in [-0.3, -0.25) is 14.6 Å². The maximum Gasteiger partial charge on any atom is 0.268 e. The zero-order chi connectivity index (χ0) is 18.1. The number of amides is 1. The van der Waals surface area contributed by atoms with Gasteiger partial charge >= 0.3 is 0 Å². The van der Waals surface area contributed by atoms with Crippen LogP contribution in [0, 0.1) is 0 Å². The van der Waals surface area contributed by atoms with Gasteiger partial charge in [-0.15, -0.1) is 0 Å². The molecule has 8 heteroatoms. The summed E-state index contributed by atoms with van der Waals surface area (Å²) in [6.07, 6.45) is 4.18. The summed E-state index contributed by atoms with van der Waals surface area (Å²) in [7, 11) is 1.63. The van der Waals surface area contributed by atoms with Crippen LogP contribution in [-0.2, 0) is 18.3 Å². The van der Waals surface area contributed by atoms with Crippen molar-refractivity contribution < 1.29 is 9.53 Å². The SMILES string of the molecule is Cn1ncc(N2CCOC(CCN3Cc4ncccc4C3=O)C2)cc1=O. The van der Waals surface area contributed by atoms with Crippen LogP contribution < -0.4 is 10.5 Å². The molecule has 1 unspecified atom stereocenters. The van der Waals surface area contributed by atoms with E-state index >= 15 is 0 Å². The molecule has 2 aliphatic heterocycles. The van der Waals surface area contributed by atoms with Gasteiger partial charge in [0.2, 0.25) is 0 Å². The maximum atomic E-state index is 12.4. The number of anilines is 1. The smallest absolute Gasteiger partial charge is 0.268 e. The highest BCUT2D eigenvalue weighted by molar-refractivity contribution is 5.97. The number of aromatic nitrogens is 3. The molecule has 0 bridgehead atoms. The Morgan fingerprint density at radius 1 is 1.35 bits per heavy atom. The third-order valence-corrected chi connectivity index (χ3v) is 4.93. The molecule has 1 amide bonds. The number of pyridine rings is 1. The average Bonchev–Trinajstić information content (AvgIpc) is 2.99. The summed E-state index contributed by atoms with van der Waals surface area (Å²) >= 11 is 0. The Morgan fingerprint density at radius 3 is 3.04 bits per heavy atom. The number of morpholine rings is 1. The Bertz CT molecular complexity index is 881. The van der Waals surface area contributed by atoms with Crippen LogP contribution in [0.25, 0.3) is 0 Å². The lowest BCUT2D eigenvalue weighted by Gasteiger charge is -2.34. The molecule has 0 aliphatic carbocycles. The molecule has 26 heavy (non-hydrogen) atoms. The first-order valence-corrected chi connectivity index (χ1v) is 8.75. The van der Waals surface area contributed by atoms with Crippen molar-refractivity contribution in [1.29, 1.82) is 0 Å². The van der Waals surface area contributed by atoms with Crippen LogP contribution >= 0.6 is 0 Å². The molecule has 136 valence electrons. The van der Waals surface area contributed by atoms with Gasteiger partial charge in [-0.05, 0) is 18.6 Å².